The third-order valence-corrected chi connectivity index (χ3v) is 4.14. The van der Waals surface area contributed by atoms with E-state index in [0.717, 1.165) is 18.2 Å². The largest absolute Gasteiger partial charge is 0.480 e. The average Bonchev–Trinajstić information content (AvgIpc) is 2.28. The Labute approximate surface area is 115 Å². The summed E-state index contributed by atoms with van der Waals surface area (Å²) in [6.45, 7) is 3.14. The maximum absolute atomic E-state index is 13.0. The molecule has 0 aliphatic heterocycles. The predicted octanol–water partition coefficient (Wildman–Crippen LogP) is 1.87. The van der Waals surface area contributed by atoms with Gasteiger partial charge in [0.15, 0.2) is 0 Å². The van der Waals surface area contributed by atoms with Crippen molar-refractivity contribution in [2.45, 2.75) is 24.8 Å². The molecule has 19 heavy (non-hydrogen) atoms. The van der Waals surface area contributed by atoms with Gasteiger partial charge in [-0.25, -0.2) is 12.8 Å². The van der Waals surface area contributed by atoms with Crippen LogP contribution in [0.3, 0.4) is 0 Å². The lowest BCUT2D eigenvalue weighted by atomic mass is 10.1. The van der Waals surface area contributed by atoms with Gasteiger partial charge in [-0.2, -0.15) is 4.72 Å². The molecule has 8 heteroatoms. The summed E-state index contributed by atoms with van der Waals surface area (Å²) in [5.41, 5.74) is 0. The molecule has 5 nitrogen and oxygen atoms in total. The van der Waals surface area contributed by atoms with Crippen molar-refractivity contribution in [2.24, 2.45) is 5.92 Å². The molecule has 0 aliphatic carbocycles. The van der Waals surface area contributed by atoms with Crippen molar-refractivity contribution in [3.63, 3.8) is 0 Å². The van der Waals surface area contributed by atoms with Crippen molar-refractivity contribution < 1.29 is 22.7 Å². The second kappa shape index (κ2) is 5.85. The number of hydrogen-bond donors (Lipinski definition) is 2. The number of aliphatic carboxylic acids is 1. The molecular formula is C11H13ClFNO4S. The Morgan fingerprint density at radius 3 is 2.42 bits per heavy atom. The highest BCUT2D eigenvalue weighted by atomic mass is 35.5. The minimum atomic E-state index is -4.07. The van der Waals surface area contributed by atoms with Gasteiger partial charge in [0, 0.05) is 0 Å². The number of sulfonamides is 1. The molecule has 2 N–H and O–H groups in total. The van der Waals surface area contributed by atoms with Gasteiger partial charge in [0.05, 0.1) is 9.92 Å². The monoisotopic (exact) mass is 309 g/mol. The maximum atomic E-state index is 13.0. The van der Waals surface area contributed by atoms with Crippen LogP contribution < -0.4 is 4.72 Å². The topological polar surface area (TPSA) is 83.5 Å². The number of rotatable bonds is 5. The van der Waals surface area contributed by atoms with E-state index in [-0.39, 0.29) is 9.92 Å². The minimum absolute atomic E-state index is 0.286. The molecule has 1 rings (SSSR count). The Morgan fingerprint density at radius 1 is 1.42 bits per heavy atom. The first-order valence-corrected chi connectivity index (χ1v) is 7.21. The summed E-state index contributed by atoms with van der Waals surface area (Å²) in [5.74, 6) is -2.48. The van der Waals surface area contributed by atoms with E-state index in [0.29, 0.717) is 0 Å². The zero-order chi connectivity index (χ0) is 14.8. The first-order valence-electron chi connectivity index (χ1n) is 5.35. The molecule has 0 aliphatic rings. The summed E-state index contributed by atoms with van der Waals surface area (Å²) < 4.78 is 38.9. The van der Waals surface area contributed by atoms with Crippen LogP contribution in [-0.4, -0.2) is 25.5 Å². The van der Waals surface area contributed by atoms with Gasteiger partial charge in [0.1, 0.15) is 11.9 Å². The molecule has 0 aromatic heterocycles. The van der Waals surface area contributed by atoms with E-state index in [2.05, 4.69) is 0 Å². The van der Waals surface area contributed by atoms with Crippen LogP contribution in [0.25, 0.3) is 0 Å². The lowest BCUT2D eigenvalue weighted by Gasteiger charge is -2.18. The van der Waals surface area contributed by atoms with Gasteiger partial charge in [-0.3, -0.25) is 4.79 Å². The van der Waals surface area contributed by atoms with E-state index in [9.17, 15) is 17.6 Å². The molecule has 0 unspecified atom stereocenters. The molecule has 0 saturated heterocycles. The van der Waals surface area contributed by atoms with Gasteiger partial charge in [-0.05, 0) is 24.1 Å². The van der Waals surface area contributed by atoms with Crippen LogP contribution in [0.5, 0.6) is 0 Å². The van der Waals surface area contributed by atoms with Crippen LogP contribution in [0.15, 0.2) is 23.1 Å². The Balaban J connectivity index is 3.10. The number of carboxylic acids is 1. The van der Waals surface area contributed by atoms with Crippen molar-refractivity contribution in [1.82, 2.24) is 4.72 Å². The quantitative estimate of drug-likeness (QED) is 0.869. The molecule has 0 heterocycles. The Kier molecular flexibility index (Phi) is 4.89. The van der Waals surface area contributed by atoms with E-state index >= 15 is 0 Å². The van der Waals surface area contributed by atoms with Gasteiger partial charge < -0.3 is 5.11 Å². The zero-order valence-corrected chi connectivity index (χ0v) is 11.8. The Hall–Kier alpha value is -1.18. The second-order valence-electron chi connectivity index (χ2n) is 4.26. The second-order valence-corrected chi connectivity index (χ2v) is 6.38. The van der Waals surface area contributed by atoms with Crippen molar-refractivity contribution in [3.05, 3.63) is 29.0 Å². The molecule has 0 amide bonds. The average molecular weight is 310 g/mol. The fraction of sp³-hybridized carbons (Fsp3) is 0.364. The molecule has 0 bridgehead atoms. The van der Waals surface area contributed by atoms with Crippen LogP contribution in [-0.2, 0) is 14.8 Å². The van der Waals surface area contributed by atoms with Gasteiger partial charge in [0.25, 0.3) is 0 Å². The third kappa shape index (κ3) is 3.89. The molecule has 0 saturated carbocycles. The van der Waals surface area contributed by atoms with Gasteiger partial charge >= 0.3 is 5.97 Å². The van der Waals surface area contributed by atoms with Crippen molar-refractivity contribution in [1.29, 1.82) is 0 Å². The normalized spacial score (nSPS) is 13.5. The molecule has 1 atom stereocenters. The first kappa shape index (κ1) is 15.9. The standard InChI is InChI=1S/C11H13ClFNO4S/c1-6(2)10(11(15)16)14-19(17,18)7-3-4-9(13)8(12)5-7/h3-6,10,14H,1-2H3,(H,15,16)/t10-/m0/s1. The highest BCUT2D eigenvalue weighted by molar-refractivity contribution is 7.89. The number of carboxylic acid groups (broad SMARTS) is 1. The SMILES string of the molecule is CC(C)[C@H](NS(=O)(=O)c1ccc(F)c(Cl)c1)C(=O)O. The van der Waals surface area contributed by atoms with Crippen molar-refractivity contribution >= 4 is 27.6 Å². The number of halogens is 2. The van der Waals surface area contributed by atoms with E-state index in [4.69, 9.17) is 16.7 Å². The fourth-order valence-corrected chi connectivity index (χ4v) is 2.96. The van der Waals surface area contributed by atoms with E-state index in [1.54, 1.807) is 13.8 Å². The summed E-state index contributed by atoms with van der Waals surface area (Å²) in [7, 11) is -4.07. The van der Waals surface area contributed by atoms with Crippen LogP contribution in [0, 0.1) is 11.7 Å². The Morgan fingerprint density at radius 2 is 2.00 bits per heavy atom. The van der Waals surface area contributed by atoms with Crippen molar-refractivity contribution in [2.75, 3.05) is 0 Å². The smallest absolute Gasteiger partial charge is 0.322 e. The molecule has 0 spiro atoms. The molecule has 1 aromatic rings. The number of hydrogen-bond acceptors (Lipinski definition) is 3. The van der Waals surface area contributed by atoms with Gasteiger partial charge in [-0.1, -0.05) is 25.4 Å². The van der Waals surface area contributed by atoms with Crippen molar-refractivity contribution in [3.8, 4) is 0 Å². The molecule has 1 aromatic carbocycles. The van der Waals surface area contributed by atoms with E-state index in [1.165, 1.54) is 0 Å². The van der Waals surface area contributed by atoms with E-state index in [1.807, 2.05) is 4.72 Å². The highest BCUT2D eigenvalue weighted by Gasteiger charge is 2.28. The number of carbonyl (C=O) groups is 1. The highest BCUT2D eigenvalue weighted by Crippen LogP contribution is 2.20. The summed E-state index contributed by atoms with van der Waals surface area (Å²) in [6.07, 6.45) is 0. The van der Waals surface area contributed by atoms with Gasteiger partial charge in [-0.15, -0.1) is 0 Å². The number of nitrogens with one attached hydrogen (secondary N) is 1. The maximum Gasteiger partial charge on any atom is 0.322 e. The van der Waals surface area contributed by atoms with E-state index < -0.39 is 33.8 Å². The van der Waals surface area contributed by atoms with Crippen LogP contribution >= 0.6 is 11.6 Å². The summed E-state index contributed by atoms with van der Waals surface area (Å²) in [6, 6.07) is 1.58. The predicted molar refractivity (Wildman–Crippen MR) is 68.0 cm³/mol. The minimum Gasteiger partial charge on any atom is -0.480 e. The molecule has 0 fully saturated rings. The van der Waals surface area contributed by atoms with Crippen LogP contribution in [0.4, 0.5) is 4.39 Å². The van der Waals surface area contributed by atoms with Crippen LogP contribution in [0.2, 0.25) is 5.02 Å². The molecular weight excluding hydrogens is 297 g/mol. The third-order valence-electron chi connectivity index (χ3n) is 2.42. The summed E-state index contributed by atoms with van der Waals surface area (Å²) in [5, 5.41) is 8.59. The van der Waals surface area contributed by atoms with Crippen LogP contribution in [0.1, 0.15) is 13.8 Å². The fourth-order valence-electron chi connectivity index (χ4n) is 1.35. The number of benzene rings is 1. The lowest BCUT2D eigenvalue weighted by Crippen LogP contribution is -2.44. The zero-order valence-electron chi connectivity index (χ0n) is 10.2. The summed E-state index contributed by atoms with van der Waals surface area (Å²) in [4.78, 5) is 10.7. The summed E-state index contributed by atoms with van der Waals surface area (Å²) >= 11 is 5.50. The first-order chi connectivity index (χ1) is 8.65. The van der Waals surface area contributed by atoms with Gasteiger partial charge in [0.2, 0.25) is 10.0 Å². The molecule has 106 valence electrons. The Bertz CT molecular complexity index is 588. The molecule has 0 radical (unpaired) electrons. The lowest BCUT2D eigenvalue weighted by molar-refractivity contribution is -0.140.